The van der Waals surface area contributed by atoms with Crippen molar-refractivity contribution in [3.05, 3.63) is 118 Å². The van der Waals surface area contributed by atoms with Crippen molar-refractivity contribution in [2.75, 3.05) is 13.1 Å². The molecule has 204 valence electrons. The van der Waals surface area contributed by atoms with Crippen molar-refractivity contribution in [3.63, 3.8) is 0 Å². The lowest BCUT2D eigenvalue weighted by Crippen LogP contribution is -2.35. The van der Waals surface area contributed by atoms with Gasteiger partial charge in [0.25, 0.3) is 0 Å². The van der Waals surface area contributed by atoms with Crippen LogP contribution in [0.3, 0.4) is 0 Å². The first-order valence-corrected chi connectivity index (χ1v) is 13.7. The normalized spacial score (nSPS) is 12.3. The smallest absolute Gasteiger partial charge is 0.0679 e. The minimum absolute atomic E-state index is 0.502. The zero-order chi connectivity index (χ0) is 27.6. The number of pyridine rings is 4. The highest BCUT2D eigenvalue weighted by atomic mass is 16.3. The standard InChI is InChI=1S/C32H40N6O/c1-24-9-5-13-28(33-24)19-37(20-29-14-6-10-25(2)34-29)18-17-32(39)23-38(21-30-15-7-11-26(3)35-30)22-31-16-8-12-27(4)36-31/h5-16,32,39H,17-23H2,1-4H3. The Morgan fingerprint density at radius 3 is 1.21 bits per heavy atom. The molecule has 1 unspecified atom stereocenters. The van der Waals surface area contributed by atoms with E-state index >= 15 is 0 Å². The van der Waals surface area contributed by atoms with Crippen molar-refractivity contribution in [3.8, 4) is 0 Å². The summed E-state index contributed by atoms with van der Waals surface area (Å²) < 4.78 is 0. The number of aryl methyl sites for hydroxylation is 4. The molecular formula is C32H40N6O. The Labute approximate surface area is 232 Å². The van der Waals surface area contributed by atoms with Crippen LogP contribution >= 0.6 is 0 Å². The van der Waals surface area contributed by atoms with Gasteiger partial charge in [-0.05, 0) is 82.6 Å². The largest absolute Gasteiger partial charge is 0.392 e. The van der Waals surface area contributed by atoms with E-state index in [1.54, 1.807) is 0 Å². The summed E-state index contributed by atoms with van der Waals surface area (Å²) in [6.45, 7) is 12.0. The van der Waals surface area contributed by atoms with E-state index in [9.17, 15) is 5.11 Å². The number of hydrogen-bond donors (Lipinski definition) is 1. The van der Waals surface area contributed by atoms with Crippen molar-refractivity contribution in [2.24, 2.45) is 0 Å². The molecule has 4 heterocycles. The van der Waals surface area contributed by atoms with Crippen molar-refractivity contribution in [2.45, 2.75) is 66.4 Å². The summed E-state index contributed by atoms with van der Waals surface area (Å²) in [6, 6.07) is 24.4. The molecule has 0 saturated carbocycles. The molecule has 0 radical (unpaired) electrons. The van der Waals surface area contributed by atoms with Gasteiger partial charge in [0.05, 0.1) is 28.9 Å². The van der Waals surface area contributed by atoms with Gasteiger partial charge < -0.3 is 5.11 Å². The lowest BCUT2D eigenvalue weighted by atomic mass is 10.2. The first-order chi connectivity index (χ1) is 18.8. The highest BCUT2D eigenvalue weighted by molar-refractivity contribution is 5.13. The molecule has 1 atom stereocenters. The van der Waals surface area contributed by atoms with Gasteiger partial charge in [0.2, 0.25) is 0 Å². The van der Waals surface area contributed by atoms with Crippen LogP contribution in [-0.4, -0.2) is 54.0 Å². The highest BCUT2D eigenvalue weighted by Crippen LogP contribution is 2.14. The molecule has 0 aromatic carbocycles. The molecule has 0 spiro atoms. The van der Waals surface area contributed by atoms with Gasteiger partial charge in [-0.1, -0.05) is 24.3 Å². The predicted molar refractivity (Wildman–Crippen MR) is 155 cm³/mol. The van der Waals surface area contributed by atoms with Crippen LogP contribution in [0.25, 0.3) is 0 Å². The molecule has 0 saturated heterocycles. The van der Waals surface area contributed by atoms with E-state index in [-0.39, 0.29) is 0 Å². The van der Waals surface area contributed by atoms with Crippen LogP contribution in [0.2, 0.25) is 0 Å². The summed E-state index contributed by atoms with van der Waals surface area (Å²) >= 11 is 0. The average molecular weight is 525 g/mol. The Morgan fingerprint density at radius 2 is 0.872 bits per heavy atom. The van der Waals surface area contributed by atoms with Crippen LogP contribution < -0.4 is 0 Å². The fourth-order valence-corrected chi connectivity index (χ4v) is 4.79. The van der Waals surface area contributed by atoms with E-state index in [1.165, 1.54) is 0 Å². The number of aliphatic hydroxyl groups is 1. The number of aromatic nitrogens is 4. The second-order valence-corrected chi connectivity index (χ2v) is 10.4. The Bertz CT molecular complexity index is 1250. The third-order valence-electron chi connectivity index (χ3n) is 6.57. The van der Waals surface area contributed by atoms with Crippen LogP contribution in [0.1, 0.15) is 52.0 Å². The third-order valence-corrected chi connectivity index (χ3v) is 6.57. The molecule has 0 fully saturated rings. The number of rotatable bonds is 13. The van der Waals surface area contributed by atoms with Crippen LogP contribution in [0.5, 0.6) is 0 Å². The SMILES string of the molecule is Cc1cccc(CN(CCC(O)CN(Cc2cccc(C)n2)Cc2cccc(C)n2)Cc2cccc(C)n2)n1. The summed E-state index contributed by atoms with van der Waals surface area (Å²) in [6.07, 6.45) is 0.134. The van der Waals surface area contributed by atoms with Crippen molar-refractivity contribution >= 4 is 0 Å². The van der Waals surface area contributed by atoms with Gasteiger partial charge in [0, 0.05) is 62.0 Å². The summed E-state index contributed by atoms with van der Waals surface area (Å²) in [4.78, 5) is 23.4. The summed E-state index contributed by atoms with van der Waals surface area (Å²) in [7, 11) is 0. The second-order valence-electron chi connectivity index (χ2n) is 10.4. The molecule has 0 aliphatic heterocycles. The topological polar surface area (TPSA) is 78.3 Å². The fraction of sp³-hybridized carbons (Fsp3) is 0.375. The number of aliphatic hydroxyl groups excluding tert-OH is 1. The Morgan fingerprint density at radius 1 is 0.538 bits per heavy atom. The summed E-state index contributed by atoms with van der Waals surface area (Å²) in [5, 5.41) is 11.2. The molecule has 39 heavy (non-hydrogen) atoms. The molecule has 4 rings (SSSR count). The number of nitrogens with zero attached hydrogens (tertiary/aromatic N) is 6. The van der Waals surface area contributed by atoms with Gasteiger partial charge in [-0.3, -0.25) is 29.7 Å². The molecule has 1 N–H and O–H groups in total. The van der Waals surface area contributed by atoms with Crippen LogP contribution in [0.15, 0.2) is 72.8 Å². The summed E-state index contributed by atoms with van der Waals surface area (Å²) in [5.74, 6) is 0. The zero-order valence-corrected chi connectivity index (χ0v) is 23.6. The zero-order valence-electron chi connectivity index (χ0n) is 23.6. The van der Waals surface area contributed by atoms with E-state index in [0.717, 1.165) is 52.1 Å². The Hall–Kier alpha value is -3.52. The van der Waals surface area contributed by atoms with E-state index in [0.29, 0.717) is 39.1 Å². The quantitative estimate of drug-likeness (QED) is 0.265. The van der Waals surface area contributed by atoms with E-state index in [2.05, 4.69) is 21.9 Å². The van der Waals surface area contributed by atoms with Gasteiger partial charge in [-0.2, -0.15) is 0 Å². The maximum atomic E-state index is 11.2. The lowest BCUT2D eigenvalue weighted by Gasteiger charge is -2.27. The maximum absolute atomic E-state index is 11.2. The Kier molecular flexibility index (Phi) is 10.3. The van der Waals surface area contributed by atoms with Crippen LogP contribution in [-0.2, 0) is 26.2 Å². The van der Waals surface area contributed by atoms with Crippen LogP contribution in [0.4, 0.5) is 0 Å². The van der Waals surface area contributed by atoms with Gasteiger partial charge in [-0.15, -0.1) is 0 Å². The second kappa shape index (κ2) is 14.0. The van der Waals surface area contributed by atoms with E-state index in [4.69, 9.17) is 19.9 Å². The minimum atomic E-state index is -0.502. The van der Waals surface area contributed by atoms with Gasteiger partial charge >= 0.3 is 0 Å². The molecule has 4 aromatic rings. The molecule has 7 heteroatoms. The van der Waals surface area contributed by atoms with Gasteiger partial charge in [0.1, 0.15) is 0 Å². The molecule has 0 bridgehead atoms. The lowest BCUT2D eigenvalue weighted by molar-refractivity contribution is 0.0826. The van der Waals surface area contributed by atoms with Gasteiger partial charge in [-0.25, -0.2) is 0 Å². The Balaban J connectivity index is 1.44. The van der Waals surface area contributed by atoms with Crippen molar-refractivity contribution in [1.29, 1.82) is 0 Å². The average Bonchev–Trinajstić information content (AvgIpc) is 2.87. The minimum Gasteiger partial charge on any atom is -0.392 e. The van der Waals surface area contributed by atoms with Crippen molar-refractivity contribution in [1.82, 2.24) is 29.7 Å². The monoisotopic (exact) mass is 524 g/mol. The van der Waals surface area contributed by atoms with Gasteiger partial charge in [0.15, 0.2) is 0 Å². The van der Waals surface area contributed by atoms with E-state index < -0.39 is 6.10 Å². The van der Waals surface area contributed by atoms with E-state index in [1.807, 2.05) is 88.4 Å². The molecule has 7 nitrogen and oxygen atoms in total. The number of hydrogen-bond acceptors (Lipinski definition) is 7. The predicted octanol–water partition coefficient (Wildman–Crippen LogP) is 4.96. The van der Waals surface area contributed by atoms with Crippen molar-refractivity contribution < 1.29 is 5.11 Å². The van der Waals surface area contributed by atoms with Crippen LogP contribution in [0, 0.1) is 27.7 Å². The molecular weight excluding hydrogens is 484 g/mol. The molecule has 0 amide bonds. The first kappa shape index (κ1) is 28.5. The third kappa shape index (κ3) is 9.62. The molecule has 0 aliphatic rings. The first-order valence-electron chi connectivity index (χ1n) is 13.7. The molecule has 0 aliphatic carbocycles. The fourth-order valence-electron chi connectivity index (χ4n) is 4.79. The summed E-state index contributed by atoms with van der Waals surface area (Å²) in [5.41, 5.74) is 8.03. The highest BCUT2D eigenvalue weighted by Gasteiger charge is 2.17. The molecule has 4 aromatic heterocycles. The maximum Gasteiger partial charge on any atom is 0.0679 e.